The number of benzene rings is 3. The summed E-state index contributed by atoms with van der Waals surface area (Å²) in [6.07, 6.45) is 0. The Bertz CT molecular complexity index is 726. The summed E-state index contributed by atoms with van der Waals surface area (Å²) in [6.45, 7) is 0. The molecule has 3 aromatic carbocycles. The van der Waals surface area contributed by atoms with Gasteiger partial charge >= 0.3 is 0 Å². The van der Waals surface area contributed by atoms with Crippen LogP contribution in [0.4, 0.5) is 0 Å². The number of carbonyl (C=O) groups excluding carboxylic acids is 1. The van der Waals surface area contributed by atoms with Crippen LogP contribution in [0.1, 0.15) is 27.4 Å². The van der Waals surface area contributed by atoms with Crippen molar-refractivity contribution in [1.82, 2.24) is 0 Å². The van der Waals surface area contributed by atoms with Gasteiger partial charge in [0, 0.05) is 10.0 Å². The van der Waals surface area contributed by atoms with Crippen molar-refractivity contribution in [3.8, 4) is 0 Å². The summed E-state index contributed by atoms with van der Waals surface area (Å²) < 4.78 is 0.915. The standard InChI is InChI=1S/C20H15BrO/c21-18-13-7-12-17(14-18)20(22)19(15-8-3-1-4-9-15)16-10-5-2-6-11-16/h1-14,19H. The van der Waals surface area contributed by atoms with Gasteiger partial charge in [-0.2, -0.15) is 0 Å². The SMILES string of the molecule is O=C(c1cccc(Br)c1)C(c1ccccc1)c1ccccc1. The molecular formula is C20H15BrO. The molecule has 0 saturated heterocycles. The maximum atomic E-state index is 13.1. The van der Waals surface area contributed by atoms with Crippen molar-refractivity contribution < 1.29 is 4.79 Å². The predicted molar refractivity (Wildman–Crippen MR) is 93.2 cm³/mol. The molecule has 3 rings (SSSR count). The van der Waals surface area contributed by atoms with Gasteiger partial charge in [-0.15, -0.1) is 0 Å². The molecule has 1 nitrogen and oxygen atoms in total. The summed E-state index contributed by atoms with van der Waals surface area (Å²) in [5.41, 5.74) is 2.74. The maximum Gasteiger partial charge on any atom is 0.174 e. The molecule has 0 amide bonds. The van der Waals surface area contributed by atoms with Gasteiger partial charge in [0.2, 0.25) is 0 Å². The highest BCUT2D eigenvalue weighted by Gasteiger charge is 2.23. The Kier molecular flexibility index (Phi) is 4.50. The van der Waals surface area contributed by atoms with E-state index in [0.29, 0.717) is 5.56 Å². The van der Waals surface area contributed by atoms with Gasteiger partial charge in [-0.1, -0.05) is 88.7 Å². The minimum Gasteiger partial charge on any atom is -0.293 e. The molecule has 0 aromatic heterocycles. The number of rotatable bonds is 4. The van der Waals surface area contributed by atoms with Crippen LogP contribution in [0, 0.1) is 0 Å². The van der Waals surface area contributed by atoms with Crippen LogP contribution in [0.2, 0.25) is 0 Å². The lowest BCUT2D eigenvalue weighted by molar-refractivity contribution is 0.0974. The molecular weight excluding hydrogens is 336 g/mol. The lowest BCUT2D eigenvalue weighted by atomic mass is 9.85. The summed E-state index contributed by atoms with van der Waals surface area (Å²) in [5.74, 6) is -0.171. The van der Waals surface area contributed by atoms with Crippen LogP contribution in [-0.4, -0.2) is 5.78 Å². The number of carbonyl (C=O) groups is 1. The molecule has 0 spiro atoms. The fraction of sp³-hybridized carbons (Fsp3) is 0.0500. The summed E-state index contributed by atoms with van der Waals surface area (Å²) in [7, 11) is 0. The second-order valence-electron chi connectivity index (χ2n) is 5.13. The van der Waals surface area contributed by atoms with E-state index in [1.54, 1.807) is 0 Å². The molecule has 0 atom stereocenters. The fourth-order valence-electron chi connectivity index (χ4n) is 2.59. The molecule has 0 aliphatic rings. The Morgan fingerprint density at radius 3 is 1.77 bits per heavy atom. The number of hydrogen-bond acceptors (Lipinski definition) is 1. The molecule has 22 heavy (non-hydrogen) atoms. The van der Waals surface area contributed by atoms with Gasteiger partial charge in [-0.05, 0) is 23.3 Å². The van der Waals surface area contributed by atoms with E-state index in [2.05, 4.69) is 15.9 Å². The predicted octanol–water partition coefficient (Wildman–Crippen LogP) is 5.46. The molecule has 3 aromatic rings. The van der Waals surface area contributed by atoms with Gasteiger partial charge < -0.3 is 0 Å². The van der Waals surface area contributed by atoms with Crippen molar-refractivity contribution in [2.75, 3.05) is 0 Å². The van der Waals surface area contributed by atoms with Crippen LogP contribution in [0.5, 0.6) is 0 Å². The van der Waals surface area contributed by atoms with Crippen molar-refractivity contribution in [1.29, 1.82) is 0 Å². The van der Waals surface area contributed by atoms with Crippen molar-refractivity contribution in [2.45, 2.75) is 5.92 Å². The molecule has 0 aliphatic heterocycles. The summed E-state index contributed by atoms with van der Waals surface area (Å²) >= 11 is 3.44. The van der Waals surface area contributed by atoms with E-state index in [4.69, 9.17) is 0 Å². The first-order chi connectivity index (χ1) is 10.8. The van der Waals surface area contributed by atoms with E-state index in [9.17, 15) is 4.79 Å². The average Bonchev–Trinajstić information content (AvgIpc) is 2.57. The molecule has 108 valence electrons. The first-order valence-electron chi connectivity index (χ1n) is 7.15. The first-order valence-corrected chi connectivity index (χ1v) is 7.94. The quantitative estimate of drug-likeness (QED) is 0.570. The zero-order valence-electron chi connectivity index (χ0n) is 11.9. The highest BCUT2D eigenvalue weighted by Crippen LogP contribution is 2.29. The number of ketones is 1. The van der Waals surface area contributed by atoms with Crippen LogP contribution in [0.25, 0.3) is 0 Å². The Labute approximate surface area is 138 Å². The molecule has 2 heteroatoms. The highest BCUT2D eigenvalue weighted by atomic mass is 79.9. The normalized spacial score (nSPS) is 10.6. The molecule has 0 saturated carbocycles. The largest absolute Gasteiger partial charge is 0.293 e. The third-order valence-electron chi connectivity index (χ3n) is 3.64. The second-order valence-corrected chi connectivity index (χ2v) is 6.04. The molecule has 0 heterocycles. The molecule has 0 aliphatic carbocycles. The van der Waals surface area contributed by atoms with Crippen LogP contribution in [0.15, 0.2) is 89.4 Å². The van der Waals surface area contributed by atoms with Crippen LogP contribution in [-0.2, 0) is 0 Å². The smallest absolute Gasteiger partial charge is 0.174 e. The maximum absolute atomic E-state index is 13.1. The average molecular weight is 351 g/mol. The van der Waals surface area contributed by atoms with E-state index in [1.807, 2.05) is 84.9 Å². The summed E-state index contributed by atoms with van der Waals surface area (Å²) in [6, 6.07) is 27.4. The molecule has 0 fully saturated rings. The van der Waals surface area contributed by atoms with Crippen molar-refractivity contribution in [3.63, 3.8) is 0 Å². The first kappa shape index (κ1) is 14.7. The molecule has 0 N–H and O–H groups in total. The van der Waals surface area contributed by atoms with Gasteiger partial charge in [-0.25, -0.2) is 0 Å². The van der Waals surface area contributed by atoms with Crippen molar-refractivity contribution in [3.05, 3.63) is 106 Å². The minimum absolute atomic E-state index is 0.110. The van der Waals surface area contributed by atoms with Gasteiger partial charge in [0.25, 0.3) is 0 Å². The minimum atomic E-state index is -0.281. The highest BCUT2D eigenvalue weighted by molar-refractivity contribution is 9.10. The summed E-state index contributed by atoms with van der Waals surface area (Å²) in [5, 5.41) is 0. The van der Waals surface area contributed by atoms with Gasteiger partial charge in [0.05, 0.1) is 5.92 Å². The fourth-order valence-corrected chi connectivity index (χ4v) is 2.99. The Balaban J connectivity index is 2.08. The zero-order chi connectivity index (χ0) is 15.4. The van der Waals surface area contributed by atoms with Crippen LogP contribution in [0.3, 0.4) is 0 Å². The molecule has 0 bridgehead atoms. The summed E-state index contributed by atoms with van der Waals surface area (Å²) in [4.78, 5) is 13.1. The van der Waals surface area contributed by atoms with Gasteiger partial charge in [0.1, 0.15) is 0 Å². The topological polar surface area (TPSA) is 17.1 Å². The van der Waals surface area contributed by atoms with E-state index >= 15 is 0 Å². The number of halogens is 1. The third-order valence-corrected chi connectivity index (χ3v) is 4.13. The Hall–Kier alpha value is -2.19. The number of Topliss-reactive ketones (excluding diaryl/α,β-unsaturated/α-hetero) is 1. The van der Waals surface area contributed by atoms with E-state index in [1.165, 1.54) is 0 Å². The molecule has 0 unspecified atom stereocenters. The van der Waals surface area contributed by atoms with Crippen molar-refractivity contribution >= 4 is 21.7 Å². The van der Waals surface area contributed by atoms with Crippen LogP contribution < -0.4 is 0 Å². The molecule has 0 radical (unpaired) electrons. The number of hydrogen-bond donors (Lipinski definition) is 0. The van der Waals surface area contributed by atoms with Crippen LogP contribution >= 0.6 is 15.9 Å². The lowest BCUT2D eigenvalue weighted by Crippen LogP contribution is -2.14. The van der Waals surface area contributed by atoms with Gasteiger partial charge in [0.15, 0.2) is 5.78 Å². The Morgan fingerprint density at radius 2 is 1.27 bits per heavy atom. The van der Waals surface area contributed by atoms with Gasteiger partial charge in [-0.3, -0.25) is 4.79 Å². The third kappa shape index (κ3) is 3.18. The van der Waals surface area contributed by atoms with E-state index < -0.39 is 0 Å². The Morgan fingerprint density at radius 1 is 0.727 bits per heavy atom. The lowest BCUT2D eigenvalue weighted by Gasteiger charge is -2.17. The van der Waals surface area contributed by atoms with E-state index in [0.717, 1.165) is 15.6 Å². The monoisotopic (exact) mass is 350 g/mol. The van der Waals surface area contributed by atoms with E-state index in [-0.39, 0.29) is 11.7 Å². The second kappa shape index (κ2) is 6.71. The zero-order valence-corrected chi connectivity index (χ0v) is 13.5. The van der Waals surface area contributed by atoms with Crippen molar-refractivity contribution in [2.24, 2.45) is 0 Å².